The first kappa shape index (κ1) is 16.0. The number of nitrogens with zero attached hydrogens (tertiary/aromatic N) is 1. The van der Waals surface area contributed by atoms with E-state index in [1.165, 1.54) is 11.3 Å². The van der Waals surface area contributed by atoms with Crippen molar-refractivity contribution in [3.63, 3.8) is 0 Å². The summed E-state index contributed by atoms with van der Waals surface area (Å²) in [6.45, 7) is 5.64. The number of ether oxygens (including phenoxy) is 1. The molecule has 3 rings (SSSR count). The summed E-state index contributed by atoms with van der Waals surface area (Å²) < 4.78 is 6.27. The first-order chi connectivity index (χ1) is 11.0. The van der Waals surface area contributed by atoms with Gasteiger partial charge in [-0.1, -0.05) is 32.0 Å². The van der Waals surface area contributed by atoms with Crippen LogP contribution >= 0.6 is 11.3 Å². The number of thiophene rings is 1. The Balaban J connectivity index is 1.59. The van der Waals surface area contributed by atoms with Gasteiger partial charge in [0.25, 0.3) is 5.91 Å². The summed E-state index contributed by atoms with van der Waals surface area (Å²) in [7, 11) is 0. The molecule has 2 atom stereocenters. The number of hydrogen-bond acceptors (Lipinski definition) is 4. The van der Waals surface area contributed by atoms with Gasteiger partial charge in [-0.2, -0.15) is 0 Å². The highest BCUT2D eigenvalue weighted by Crippen LogP contribution is 2.26. The minimum Gasteiger partial charge on any atom is -0.451 e. The number of likely N-dealkylation sites (tertiary alicyclic amines) is 1. The molecule has 4 nitrogen and oxygen atoms in total. The van der Waals surface area contributed by atoms with E-state index in [2.05, 4.69) is 13.8 Å². The first-order valence-corrected chi connectivity index (χ1v) is 8.78. The molecule has 0 aliphatic carbocycles. The van der Waals surface area contributed by atoms with Crippen molar-refractivity contribution in [1.82, 2.24) is 4.90 Å². The van der Waals surface area contributed by atoms with Crippen molar-refractivity contribution in [2.75, 3.05) is 19.7 Å². The van der Waals surface area contributed by atoms with Gasteiger partial charge in [0.2, 0.25) is 0 Å². The predicted molar refractivity (Wildman–Crippen MR) is 91.6 cm³/mol. The van der Waals surface area contributed by atoms with Gasteiger partial charge < -0.3 is 9.64 Å². The highest BCUT2D eigenvalue weighted by molar-refractivity contribution is 7.20. The maximum atomic E-state index is 12.2. The van der Waals surface area contributed by atoms with Crippen molar-refractivity contribution in [1.29, 1.82) is 0 Å². The molecule has 0 radical (unpaired) electrons. The van der Waals surface area contributed by atoms with E-state index in [0.717, 1.165) is 29.6 Å². The molecule has 1 aromatic heterocycles. The summed E-state index contributed by atoms with van der Waals surface area (Å²) in [4.78, 5) is 26.8. The summed E-state index contributed by atoms with van der Waals surface area (Å²) >= 11 is 1.39. The molecular weight excluding hydrogens is 310 g/mol. The predicted octanol–water partition coefficient (Wildman–Crippen LogP) is 3.56. The van der Waals surface area contributed by atoms with Gasteiger partial charge in [-0.15, -0.1) is 11.3 Å². The van der Waals surface area contributed by atoms with E-state index in [9.17, 15) is 9.59 Å². The monoisotopic (exact) mass is 331 g/mol. The fraction of sp³-hybridized carbons (Fsp3) is 0.444. The van der Waals surface area contributed by atoms with E-state index >= 15 is 0 Å². The van der Waals surface area contributed by atoms with Crippen LogP contribution in [0.25, 0.3) is 10.1 Å². The Hall–Kier alpha value is -1.88. The van der Waals surface area contributed by atoms with Gasteiger partial charge in [0.15, 0.2) is 6.61 Å². The van der Waals surface area contributed by atoms with Gasteiger partial charge in [-0.3, -0.25) is 4.79 Å². The van der Waals surface area contributed by atoms with E-state index in [4.69, 9.17) is 4.74 Å². The molecule has 1 aliphatic rings. The average molecular weight is 331 g/mol. The molecule has 2 aromatic rings. The maximum absolute atomic E-state index is 12.2. The van der Waals surface area contributed by atoms with E-state index in [1.807, 2.05) is 35.2 Å². The summed E-state index contributed by atoms with van der Waals surface area (Å²) in [5, 5.41) is 1.02. The lowest BCUT2D eigenvalue weighted by atomic mass is 9.92. The summed E-state index contributed by atoms with van der Waals surface area (Å²) in [6.07, 6.45) is 1.14. The molecule has 0 N–H and O–H groups in total. The third-order valence-corrected chi connectivity index (χ3v) is 5.27. The number of carbonyl (C=O) groups excluding carboxylic acids is 2. The number of benzene rings is 1. The largest absolute Gasteiger partial charge is 0.451 e. The zero-order chi connectivity index (χ0) is 16.4. The fourth-order valence-electron chi connectivity index (χ4n) is 3.24. The lowest BCUT2D eigenvalue weighted by Gasteiger charge is -2.34. The fourth-order valence-corrected chi connectivity index (χ4v) is 4.20. The number of hydrogen-bond donors (Lipinski definition) is 0. The van der Waals surface area contributed by atoms with Crippen LogP contribution in [0.2, 0.25) is 0 Å². The molecule has 1 saturated heterocycles. The van der Waals surface area contributed by atoms with Crippen LogP contribution in [0, 0.1) is 11.8 Å². The number of carbonyl (C=O) groups is 2. The number of rotatable bonds is 3. The molecule has 23 heavy (non-hydrogen) atoms. The topological polar surface area (TPSA) is 46.6 Å². The molecule has 1 amide bonds. The quantitative estimate of drug-likeness (QED) is 0.808. The van der Waals surface area contributed by atoms with Gasteiger partial charge in [0.05, 0.1) is 0 Å². The molecule has 0 spiro atoms. The van der Waals surface area contributed by atoms with Crippen LogP contribution in [0.1, 0.15) is 29.9 Å². The molecule has 1 fully saturated rings. The summed E-state index contributed by atoms with van der Waals surface area (Å²) in [5.74, 6) is 0.484. The molecule has 0 bridgehead atoms. The zero-order valence-corrected chi connectivity index (χ0v) is 14.3. The van der Waals surface area contributed by atoms with Gasteiger partial charge >= 0.3 is 5.97 Å². The van der Waals surface area contributed by atoms with Crippen LogP contribution < -0.4 is 0 Å². The highest BCUT2D eigenvalue weighted by atomic mass is 32.1. The summed E-state index contributed by atoms with van der Waals surface area (Å²) in [5.41, 5.74) is 0. The molecule has 122 valence electrons. The lowest BCUT2D eigenvalue weighted by molar-refractivity contribution is -0.137. The standard InChI is InChI=1S/C18H21NO3S/c1-12-7-13(2)10-19(9-12)17(20)11-22-18(21)16-8-14-5-3-4-6-15(14)23-16/h3-6,8,12-13H,7,9-11H2,1-2H3/t12-,13-/m0/s1. The maximum Gasteiger partial charge on any atom is 0.348 e. The SMILES string of the molecule is C[C@H]1C[C@H](C)CN(C(=O)COC(=O)c2cc3ccccc3s2)C1. The van der Waals surface area contributed by atoms with Crippen molar-refractivity contribution >= 4 is 33.3 Å². The van der Waals surface area contributed by atoms with E-state index in [1.54, 1.807) is 0 Å². The van der Waals surface area contributed by atoms with Crippen LogP contribution in [-0.2, 0) is 9.53 Å². The Kier molecular flexibility index (Phi) is 4.66. The third-order valence-electron chi connectivity index (χ3n) is 4.18. The minimum atomic E-state index is -0.419. The average Bonchev–Trinajstić information content (AvgIpc) is 2.95. The Morgan fingerprint density at radius 3 is 2.61 bits per heavy atom. The van der Waals surface area contributed by atoms with Crippen LogP contribution in [0.4, 0.5) is 0 Å². The van der Waals surface area contributed by atoms with Crippen LogP contribution in [0.3, 0.4) is 0 Å². The van der Waals surface area contributed by atoms with Crippen LogP contribution in [0.15, 0.2) is 30.3 Å². The Morgan fingerprint density at radius 1 is 1.22 bits per heavy atom. The molecular formula is C18H21NO3S. The number of esters is 1. The summed E-state index contributed by atoms with van der Waals surface area (Å²) in [6, 6.07) is 9.63. The van der Waals surface area contributed by atoms with Crippen molar-refractivity contribution in [2.45, 2.75) is 20.3 Å². The Bertz CT molecular complexity index is 681. The second kappa shape index (κ2) is 6.71. The van der Waals surface area contributed by atoms with E-state index < -0.39 is 5.97 Å². The van der Waals surface area contributed by atoms with Gasteiger partial charge in [0, 0.05) is 17.8 Å². The number of fused-ring (bicyclic) bond motifs is 1. The Morgan fingerprint density at radius 2 is 1.91 bits per heavy atom. The van der Waals surface area contributed by atoms with Gasteiger partial charge in [0.1, 0.15) is 4.88 Å². The van der Waals surface area contributed by atoms with E-state index in [0.29, 0.717) is 16.7 Å². The number of piperidine rings is 1. The third kappa shape index (κ3) is 3.72. The second-order valence-corrected chi connectivity index (χ2v) is 7.55. The van der Waals surface area contributed by atoms with Crippen LogP contribution in [-0.4, -0.2) is 36.5 Å². The normalized spacial score (nSPS) is 21.4. The molecule has 1 aliphatic heterocycles. The molecule has 5 heteroatoms. The van der Waals surface area contributed by atoms with Crippen molar-refractivity contribution in [3.8, 4) is 0 Å². The van der Waals surface area contributed by atoms with Crippen molar-refractivity contribution < 1.29 is 14.3 Å². The first-order valence-electron chi connectivity index (χ1n) is 7.96. The minimum absolute atomic E-state index is 0.0992. The molecule has 1 aromatic carbocycles. The zero-order valence-electron chi connectivity index (χ0n) is 13.5. The smallest absolute Gasteiger partial charge is 0.348 e. The van der Waals surface area contributed by atoms with E-state index in [-0.39, 0.29) is 12.5 Å². The lowest BCUT2D eigenvalue weighted by Crippen LogP contribution is -2.44. The van der Waals surface area contributed by atoms with Crippen molar-refractivity contribution in [2.24, 2.45) is 11.8 Å². The Labute approximate surface area is 140 Å². The van der Waals surface area contributed by atoms with Gasteiger partial charge in [-0.05, 0) is 35.8 Å². The second-order valence-electron chi connectivity index (χ2n) is 6.47. The van der Waals surface area contributed by atoms with Crippen molar-refractivity contribution in [3.05, 3.63) is 35.2 Å². The number of amides is 1. The van der Waals surface area contributed by atoms with Crippen LogP contribution in [0.5, 0.6) is 0 Å². The molecule has 2 heterocycles. The van der Waals surface area contributed by atoms with Gasteiger partial charge in [-0.25, -0.2) is 4.79 Å². The molecule has 0 saturated carbocycles. The highest BCUT2D eigenvalue weighted by Gasteiger charge is 2.26. The molecule has 0 unspecified atom stereocenters.